The number of alkyl halides is 3. The molecule has 1 saturated carbocycles. The van der Waals surface area contributed by atoms with Crippen molar-refractivity contribution in [2.45, 2.75) is 45.2 Å². The van der Waals surface area contributed by atoms with Gasteiger partial charge in [0.2, 0.25) is 0 Å². The number of carboxylic acids is 1. The number of aliphatic carboxylic acids is 1. The van der Waals surface area contributed by atoms with E-state index in [1.807, 2.05) is 13.8 Å². The van der Waals surface area contributed by atoms with Crippen molar-refractivity contribution >= 4 is 5.97 Å². The van der Waals surface area contributed by atoms with E-state index >= 15 is 0 Å². The number of hydrogen-bond donors (Lipinski definition) is 1. The Morgan fingerprint density at radius 2 is 1.80 bits per heavy atom. The summed E-state index contributed by atoms with van der Waals surface area (Å²) < 4.78 is 59.4. The van der Waals surface area contributed by atoms with Gasteiger partial charge in [0.05, 0.1) is 18.1 Å². The molecule has 0 bridgehead atoms. The van der Waals surface area contributed by atoms with Gasteiger partial charge in [0.15, 0.2) is 11.6 Å². The van der Waals surface area contributed by atoms with Gasteiger partial charge in [-0.15, -0.1) is 0 Å². The van der Waals surface area contributed by atoms with Crippen LogP contribution in [0.2, 0.25) is 0 Å². The first kappa shape index (κ1) is 22.1. The van der Waals surface area contributed by atoms with Crippen LogP contribution >= 0.6 is 0 Å². The maximum absolute atomic E-state index is 15.0. The van der Waals surface area contributed by atoms with E-state index in [1.54, 1.807) is 0 Å². The number of halogens is 4. The van der Waals surface area contributed by atoms with Gasteiger partial charge in [-0.25, -0.2) is 4.39 Å². The molecular weight excluding hydrogens is 400 g/mol. The number of benzene rings is 2. The van der Waals surface area contributed by atoms with Gasteiger partial charge in [-0.1, -0.05) is 26.0 Å². The summed E-state index contributed by atoms with van der Waals surface area (Å²) in [5.41, 5.74) is 0.0477. The van der Waals surface area contributed by atoms with Gasteiger partial charge in [0.1, 0.15) is 0 Å². The fourth-order valence-corrected chi connectivity index (χ4v) is 3.35. The predicted molar refractivity (Wildman–Crippen MR) is 105 cm³/mol. The van der Waals surface area contributed by atoms with Crippen molar-refractivity contribution in [1.82, 2.24) is 0 Å². The minimum atomic E-state index is -4.48. The molecule has 1 aliphatic rings. The third kappa shape index (κ3) is 5.32. The zero-order chi connectivity index (χ0) is 22.1. The largest absolute Gasteiger partial charge is 0.490 e. The lowest BCUT2D eigenvalue weighted by atomic mass is 9.88. The van der Waals surface area contributed by atoms with Gasteiger partial charge < -0.3 is 9.84 Å². The van der Waals surface area contributed by atoms with Crippen LogP contribution in [-0.2, 0) is 11.0 Å². The standard InChI is InChI=1S/C23H24F4O3/c1-13(2)9-19(22(28)29)16-10-18(15-5-7-17(8-6-15)23(25,26)27)21(20(24)11-16)30-12-14-3-4-14/h5-8,10-11,13-14,19H,3-4,9,12H2,1-2H3,(H,28,29). The van der Waals surface area contributed by atoms with Crippen molar-refractivity contribution in [1.29, 1.82) is 0 Å². The molecule has 7 heteroatoms. The minimum absolute atomic E-state index is 0.0564. The van der Waals surface area contributed by atoms with Crippen LogP contribution in [0.25, 0.3) is 11.1 Å². The van der Waals surface area contributed by atoms with Crippen molar-refractivity contribution in [2.75, 3.05) is 6.61 Å². The Labute approximate surface area is 172 Å². The van der Waals surface area contributed by atoms with E-state index in [0.29, 0.717) is 24.5 Å². The van der Waals surface area contributed by atoms with Gasteiger partial charge in [-0.2, -0.15) is 13.2 Å². The Hall–Kier alpha value is -2.57. The molecule has 0 saturated heterocycles. The quantitative estimate of drug-likeness (QED) is 0.491. The van der Waals surface area contributed by atoms with Gasteiger partial charge in [0.25, 0.3) is 0 Å². The second kappa shape index (κ2) is 8.66. The van der Waals surface area contributed by atoms with Crippen LogP contribution in [0.4, 0.5) is 17.6 Å². The Bertz CT molecular complexity index is 900. The number of carboxylic acid groups (broad SMARTS) is 1. The second-order valence-corrected chi connectivity index (χ2v) is 8.23. The fourth-order valence-electron chi connectivity index (χ4n) is 3.35. The maximum Gasteiger partial charge on any atom is 0.416 e. The molecule has 30 heavy (non-hydrogen) atoms. The lowest BCUT2D eigenvalue weighted by Gasteiger charge is -2.19. The van der Waals surface area contributed by atoms with Crippen molar-refractivity contribution in [3.63, 3.8) is 0 Å². The van der Waals surface area contributed by atoms with Gasteiger partial charge >= 0.3 is 12.1 Å². The number of hydrogen-bond acceptors (Lipinski definition) is 2. The fraction of sp³-hybridized carbons (Fsp3) is 0.435. The minimum Gasteiger partial charge on any atom is -0.490 e. The molecule has 0 aromatic heterocycles. The average Bonchev–Trinajstić information content (AvgIpc) is 3.48. The van der Waals surface area contributed by atoms with E-state index in [-0.39, 0.29) is 22.8 Å². The van der Waals surface area contributed by atoms with Gasteiger partial charge in [0, 0.05) is 5.56 Å². The Morgan fingerprint density at radius 1 is 1.17 bits per heavy atom. The van der Waals surface area contributed by atoms with Gasteiger partial charge in [-0.05, 0) is 66.5 Å². The molecule has 0 radical (unpaired) electrons. The molecule has 0 aliphatic heterocycles. The Balaban J connectivity index is 2.06. The first-order valence-electron chi connectivity index (χ1n) is 9.93. The smallest absolute Gasteiger partial charge is 0.416 e. The average molecular weight is 424 g/mol. The normalized spacial score (nSPS) is 15.3. The third-order valence-electron chi connectivity index (χ3n) is 5.16. The zero-order valence-corrected chi connectivity index (χ0v) is 16.8. The van der Waals surface area contributed by atoms with Crippen LogP contribution in [0.1, 0.15) is 50.2 Å². The van der Waals surface area contributed by atoms with Crippen molar-refractivity contribution in [3.05, 3.63) is 53.3 Å². The summed E-state index contributed by atoms with van der Waals surface area (Å²) in [6.07, 6.45) is -2.19. The summed E-state index contributed by atoms with van der Waals surface area (Å²) in [7, 11) is 0. The molecule has 0 heterocycles. The number of ether oxygens (including phenoxy) is 1. The van der Waals surface area contributed by atoms with E-state index in [2.05, 4.69) is 0 Å². The molecule has 3 nitrogen and oxygen atoms in total. The molecule has 0 amide bonds. The van der Waals surface area contributed by atoms with Crippen LogP contribution in [0.5, 0.6) is 5.75 Å². The van der Waals surface area contributed by atoms with E-state index in [1.165, 1.54) is 18.2 Å². The monoisotopic (exact) mass is 424 g/mol. The summed E-state index contributed by atoms with van der Waals surface area (Å²) in [5.74, 6) is -2.36. The molecule has 2 aromatic rings. The van der Waals surface area contributed by atoms with E-state index in [4.69, 9.17) is 4.74 Å². The molecule has 1 fully saturated rings. The highest BCUT2D eigenvalue weighted by atomic mass is 19.4. The molecule has 3 rings (SSSR count). The molecule has 1 aliphatic carbocycles. The first-order valence-corrected chi connectivity index (χ1v) is 9.93. The topological polar surface area (TPSA) is 46.5 Å². The highest BCUT2D eigenvalue weighted by molar-refractivity contribution is 5.79. The number of rotatable bonds is 8. The Morgan fingerprint density at radius 3 is 2.30 bits per heavy atom. The SMILES string of the molecule is CC(C)CC(C(=O)O)c1cc(F)c(OCC2CC2)c(-c2ccc(C(F)(F)F)cc2)c1. The van der Waals surface area contributed by atoms with Crippen LogP contribution in [-0.4, -0.2) is 17.7 Å². The van der Waals surface area contributed by atoms with Gasteiger partial charge in [-0.3, -0.25) is 4.79 Å². The molecule has 2 aromatic carbocycles. The Kier molecular flexibility index (Phi) is 6.38. The van der Waals surface area contributed by atoms with Crippen LogP contribution in [0.3, 0.4) is 0 Å². The predicted octanol–water partition coefficient (Wildman–Crippen LogP) is 6.51. The second-order valence-electron chi connectivity index (χ2n) is 8.23. The molecular formula is C23H24F4O3. The molecule has 162 valence electrons. The number of carbonyl (C=O) groups is 1. The van der Waals surface area contributed by atoms with E-state index in [0.717, 1.165) is 31.0 Å². The molecule has 0 spiro atoms. The van der Waals surface area contributed by atoms with Crippen LogP contribution in [0.15, 0.2) is 36.4 Å². The summed E-state index contributed by atoms with van der Waals surface area (Å²) >= 11 is 0. The molecule has 1 atom stereocenters. The highest BCUT2D eigenvalue weighted by Crippen LogP contribution is 2.40. The van der Waals surface area contributed by atoms with Crippen molar-refractivity contribution in [2.24, 2.45) is 11.8 Å². The summed E-state index contributed by atoms with van der Waals surface area (Å²) in [4.78, 5) is 11.8. The summed E-state index contributed by atoms with van der Waals surface area (Å²) in [6, 6.07) is 7.04. The third-order valence-corrected chi connectivity index (χ3v) is 5.16. The molecule has 1 unspecified atom stereocenters. The van der Waals surface area contributed by atoms with Crippen LogP contribution < -0.4 is 4.74 Å². The summed E-state index contributed by atoms with van der Waals surface area (Å²) in [5, 5.41) is 9.63. The maximum atomic E-state index is 15.0. The summed E-state index contributed by atoms with van der Waals surface area (Å²) in [6.45, 7) is 4.06. The highest BCUT2D eigenvalue weighted by Gasteiger charge is 2.31. The van der Waals surface area contributed by atoms with E-state index in [9.17, 15) is 27.5 Å². The zero-order valence-electron chi connectivity index (χ0n) is 16.8. The lowest BCUT2D eigenvalue weighted by molar-refractivity contribution is -0.139. The molecule has 1 N–H and O–H groups in total. The lowest BCUT2D eigenvalue weighted by Crippen LogP contribution is -2.15. The van der Waals surface area contributed by atoms with Crippen LogP contribution in [0, 0.1) is 17.7 Å². The first-order chi connectivity index (χ1) is 14.1. The van der Waals surface area contributed by atoms with Crippen molar-refractivity contribution in [3.8, 4) is 16.9 Å². The van der Waals surface area contributed by atoms with Crippen molar-refractivity contribution < 1.29 is 32.2 Å². The van der Waals surface area contributed by atoms with E-state index < -0.39 is 29.4 Å².